The van der Waals surface area contributed by atoms with Crippen LogP contribution in [-0.2, 0) is 4.79 Å². The predicted octanol–water partition coefficient (Wildman–Crippen LogP) is 3.08. The molecule has 0 radical (unpaired) electrons. The number of ether oxygens (including phenoxy) is 2. The summed E-state index contributed by atoms with van der Waals surface area (Å²) in [7, 11) is 0. The Morgan fingerprint density at radius 2 is 1.92 bits per heavy atom. The zero-order valence-electron chi connectivity index (χ0n) is 14.9. The SMILES string of the molecule is Cc1ccc(C(C)C)cc1OCC(=O)Oc1ccc(-n2cnnn2)cc1. The van der Waals surface area contributed by atoms with Gasteiger partial charge < -0.3 is 9.47 Å². The Kier molecular flexibility index (Phi) is 5.26. The van der Waals surface area contributed by atoms with Gasteiger partial charge in [-0.1, -0.05) is 26.0 Å². The zero-order valence-corrected chi connectivity index (χ0v) is 14.9. The maximum absolute atomic E-state index is 12.0. The van der Waals surface area contributed by atoms with Crippen molar-refractivity contribution in [3.05, 3.63) is 59.9 Å². The van der Waals surface area contributed by atoms with Crippen molar-refractivity contribution >= 4 is 5.97 Å². The normalized spacial score (nSPS) is 10.8. The summed E-state index contributed by atoms with van der Waals surface area (Å²) < 4.78 is 12.5. The third kappa shape index (κ3) is 4.24. The molecule has 0 N–H and O–H groups in total. The van der Waals surface area contributed by atoms with Crippen molar-refractivity contribution in [3.63, 3.8) is 0 Å². The Hall–Kier alpha value is -3.22. The second kappa shape index (κ2) is 7.77. The first kappa shape index (κ1) is 17.6. The molecule has 0 atom stereocenters. The smallest absolute Gasteiger partial charge is 0.349 e. The summed E-state index contributed by atoms with van der Waals surface area (Å²) in [4.78, 5) is 12.0. The number of nitrogens with zero attached hydrogens (tertiary/aromatic N) is 4. The summed E-state index contributed by atoms with van der Waals surface area (Å²) in [5.41, 5.74) is 2.91. The Bertz CT molecular complexity index is 874. The van der Waals surface area contributed by atoms with E-state index in [4.69, 9.17) is 9.47 Å². The zero-order chi connectivity index (χ0) is 18.5. The van der Waals surface area contributed by atoms with E-state index in [2.05, 4.69) is 35.4 Å². The molecule has 0 saturated carbocycles. The molecular weight excluding hydrogens is 332 g/mol. The maximum atomic E-state index is 12.0. The van der Waals surface area contributed by atoms with Crippen LogP contribution in [0.5, 0.6) is 11.5 Å². The number of aromatic nitrogens is 4. The Labute approximate surface area is 151 Å². The first-order valence-electron chi connectivity index (χ1n) is 8.30. The molecule has 0 fully saturated rings. The van der Waals surface area contributed by atoms with E-state index >= 15 is 0 Å². The molecule has 0 amide bonds. The number of tetrazole rings is 1. The fourth-order valence-corrected chi connectivity index (χ4v) is 2.38. The second-order valence-electron chi connectivity index (χ2n) is 6.19. The van der Waals surface area contributed by atoms with Gasteiger partial charge in [-0.15, -0.1) is 5.10 Å². The predicted molar refractivity (Wildman–Crippen MR) is 95.6 cm³/mol. The highest BCUT2D eigenvalue weighted by molar-refractivity contribution is 5.74. The molecule has 7 nitrogen and oxygen atoms in total. The number of aryl methyl sites for hydroxylation is 1. The van der Waals surface area contributed by atoms with E-state index in [0.29, 0.717) is 17.4 Å². The quantitative estimate of drug-likeness (QED) is 0.501. The fourth-order valence-electron chi connectivity index (χ4n) is 2.38. The Morgan fingerprint density at radius 1 is 1.15 bits per heavy atom. The number of hydrogen-bond donors (Lipinski definition) is 0. The molecule has 0 saturated heterocycles. The second-order valence-corrected chi connectivity index (χ2v) is 6.19. The summed E-state index contributed by atoms with van der Waals surface area (Å²) in [6.07, 6.45) is 1.49. The third-order valence-corrected chi connectivity index (χ3v) is 3.91. The standard InChI is InChI=1S/C19H20N4O3/c1-13(2)15-5-4-14(3)18(10-15)25-11-19(24)26-17-8-6-16(7-9-17)23-12-20-21-22-23/h4-10,12-13H,11H2,1-3H3. The molecular formula is C19H20N4O3. The van der Waals surface area contributed by atoms with Crippen molar-refractivity contribution in [2.24, 2.45) is 0 Å². The van der Waals surface area contributed by atoms with Crippen molar-refractivity contribution in [2.45, 2.75) is 26.7 Å². The molecule has 7 heteroatoms. The average Bonchev–Trinajstić information content (AvgIpc) is 3.16. The monoisotopic (exact) mass is 352 g/mol. The Morgan fingerprint density at radius 3 is 2.58 bits per heavy atom. The van der Waals surface area contributed by atoms with Crippen LogP contribution in [0.3, 0.4) is 0 Å². The van der Waals surface area contributed by atoms with Gasteiger partial charge in [-0.05, 0) is 64.7 Å². The van der Waals surface area contributed by atoms with Gasteiger partial charge in [0, 0.05) is 0 Å². The van der Waals surface area contributed by atoms with Crippen LogP contribution in [0.4, 0.5) is 0 Å². The molecule has 0 aliphatic rings. The van der Waals surface area contributed by atoms with Gasteiger partial charge in [0.15, 0.2) is 6.61 Å². The van der Waals surface area contributed by atoms with Gasteiger partial charge in [-0.2, -0.15) is 0 Å². The molecule has 3 rings (SSSR count). The lowest BCUT2D eigenvalue weighted by molar-refractivity contribution is -0.136. The molecule has 0 aliphatic carbocycles. The maximum Gasteiger partial charge on any atom is 0.349 e. The lowest BCUT2D eigenvalue weighted by Crippen LogP contribution is -2.18. The number of esters is 1. The van der Waals surface area contributed by atoms with Crippen LogP contribution in [0.1, 0.15) is 30.9 Å². The first-order chi connectivity index (χ1) is 12.5. The van der Waals surface area contributed by atoms with E-state index in [0.717, 1.165) is 16.8 Å². The highest BCUT2D eigenvalue weighted by atomic mass is 16.6. The minimum absolute atomic E-state index is 0.156. The van der Waals surface area contributed by atoms with Crippen LogP contribution < -0.4 is 9.47 Å². The molecule has 3 aromatic rings. The van der Waals surface area contributed by atoms with Gasteiger partial charge in [0.25, 0.3) is 0 Å². The lowest BCUT2D eigenvalue weighted by atomic mass is 10.0. The van der Waals surface area contributed by atoms with Gasteiger partial charge in [-0.25, -0.2) is 9.48 Å². The van der Waals surface area contributed by atoms with E-state index in [1.165, 1.54) is 11.0 Å². The number of hydrogen-bond acceptors (Lipinski definition) is 6. The van der Waals surface area contributed by atoms with Crippen LogP contribution in [-0.4, -0.2) is 32.8 Å². The summed E-state index contributed by atoms with van der Waals surface area (Å²) in [6, 6.07) is 12.9. The van der Waals surface area contributed by atoms with Crippen molar-refractivity contribution in [1.82, 2.24) is 20.2 Å². The summed E-state index contributed by atoms with van der Waals surface area (Å²) in [5, 5.41) is 10.9. The van der Waals surface area contributed by atoms with Crippen LogP contribution in [0.25, 0.3) is 5.69 Å². The Balaban J connectivity index is 1.58. The molecule has 0 aliphatic heterocycles. The van der Waals surface area contributed by atoms with Crippen LogP contribution in [0, 0.1) is 6.92 Å². The van der Waals surface area contributed by atoms with Crippen LogP contribution in [0.2, 0.25) is 0 Å². The fraction of sp³-hybridized carbons (Fsp3) is 0.263. The van der Waals surface area contributed by atoms with Gasteiger partial charge >= 0.3 is 5.97 Å². The third-order valence-electron chi connectivity index (χ3n) is 3.91. The first-order valence-corrected chi connectivity index (χ1v) is 8.30. The topological polar surface area (TPSA) is 79.1 Å². The largest absolute Gasteiger partial charge is 0.482 e. The number of rotatable bonds is 6. The van der Waals surface area contributed by atoms with Crippen LogP contribution in [0.15, 0.2) is 48.8 Å². The molecule has 1 heterocycles. The highest BCUT2D eigenvalue weighted by Crippen LogP contribution is 2.24. The molecule has 0 bridgehead atoms. The van der Waals surface area contributed by atoms with Crippen molar-refractivity contribution in [3.8, 4) is 17.2 Å². The van der Waals surface area contributed by atoms with E-state index in [1.807, 2.05) is 19.1 Å². The molecule has 1 aromatic heterocycles. The van der Waals surface area contributed by atoms with E-state index in [-0.39, 0.29) is 6.61 Å². The highest BCUT2D eigenvalue weighted by Gasteiger charge is 2.10. The number of carbonyl (C=O) groups excluding carboxylic acids is 1. The van der Waals surface area contributed by atoms with Crippen molar-refractivity contribution in [2.75, 3.05) is 6.61 Å². The van der Waals surface area contributed by atoms with E-state index in [1.54, 1.807) is 24.3 Å². The van der Waals surface area contributed by atoms with Crippen molar-refractivity contribution < 1.29 is 14.3 Å². The van der Waals surface area contributed by atoms with Gasteiger partial charge in [0.05, 0.1) is 5.69 Å². The van der Waals surface area contributed by atoms with Crippen LogP contribution >= 0.6 is 0 Å². The van der Waals surface area contributed by atoms with Gasteiger partial charge in [0.2, 0.25) is 0 Å². The minimum atomic E-state index is -0.463. The molecule has 0 unspecified atom stereocenters. The molecule has 2 aromatic carbocycles. The van der Waals surface area contributed by atoms with Gasteiger partial charge in [0.1, 0.15) is 17.8 Å². The lowest BCUT2D eigenvalue weighted by Gasteiger charge is -2.12. The average molecular weight is 352 g/mol. The van der Waals surface area contributed by atoms with E-state index in [9.17, 15) is 4.79 Å². The van der Waals surface area contributed by atoms with Gasteiger partial charge in [-0.3, -0.25) is 0 Å². The number of benzene rings is 2. The summed E-state index contributed by atoms with van der Waals surface area (Å²) >= 11 is 0. The minimum Gasteiger partial charge on any atom is -0.482 e. The van der Waals surface area contributed by atoms with E-state index < -0.39 is 5.97 Å². The van der Waals surface area contributed by atoms with Crippen molar-refractivity contribution in [1.29, 1.82) is 0 Å². The summed E-state index contributed by atoms with van der Waals surface area (Å²) in [5.74, 6) is 1.06. The molecule has 134 valence electrons. The number of carbonyl (C=O) groups is 1. The molecule has 0 spiro atoms. The molecule has 26 heavy (non-hydrogen) atoms. The summed E-state index contributed by atoms with van der Waals surface area (Å²) in [6.45, 7) is 6.02.